The Morgan fingerprint density at radius 3 is 2.56 bits per heavy atom. The summed E-state index contributed by atoms with van der Waals surface area (Å²) in [6.07, 6.45) is 6.54. The molecule has 5 heteroatoms. The van der Waals surface area contributed by atoms with Crippen molar-refractivity contribution < 1.29 is 4.79 Å². The first kappa shape index (κ1) is 18.0. The molecule has 0 bridgehead atoms. The molecule has 4 nitrogen and oxygen atoms in total. The Morgan fingerprint density at radius 2 is 1.92 bits per heavy atom. The molecule has 0 aliphatic carbocycles. The van der Waals surface area contributed by atoms with Gasteiger partial charge in [-0.05, 0) is 36.5 Å². The average molecular weight is 360 g/mol. The Hall–Kier alpha value is -1.81. The van der Waals surface area contributed by atoms with Gasteiger partial charge in [0.05, 0.1) is 6.42 Å². The van der Waals surface area contributed by atoms with Crippen molar-refractivity contribution in [2.75, 3.05) is 13.1 Å². The van der Waals surface area contributed by atoms with Gasteiger partial charge in [-0.2, -0.15) is 0 Å². The number of hydrogen-bond donors (Lipinski definition) is 0. The smallest absolute Gasteiger partial charge is 0.226 e. The van der Waals surface area contributed by atoms with Crippen molar-refractivity contribution in [3.63, 3.8) is 0 Å². The van der Waals surface area contributed by atoms with Gasteiger partial charge in [-0.15, -0.1) is 0 Å². The molecule has 0 spiro atoms. The summed E-state index contributed by atoms with van der Waals surface area (Å²) in [6.45, 7) is 7.06. The number of piperidine rings is 1. The fourth-order valence-corrected chi connectivity index (χ4v) is 3.63. The van der Waals surface area contributed by atoms with E-state index in [-0.39, 0.29) is 5.91 Å². The Labute approximate surface area is 154 Å². The van der Waals surface area contributed by atoms with E-state index in [1.807, 2.05) is 35.4 Å². The SMILES string of the molecule is CC(C)c1nccn1CC1CCN(C(=O)Cc2ccc(Cl)cc2)CC1. The van der Waals surface area contributed by atoms with E-state index in [0.29, 0.717) is 23.3 Å². The van der Waals surface area contributed by atoms with Crippen molar-refractivity contribution in [2.45, 2.75) is 45.6 Å². The fraction of sp³-hybridized carbons (Fsp3) is 0.500. The first-order valence-corrected chi connectivity index (χ1v) is 9.44. The lowest BCUT2D eigenvalue weighted by Crippen LogP contribution is -2.40. The monoisotopic (exact) mass is 359 g/mol. The van der Waals surface area contributed by atoms with E-state index in [4.69, 9.17) is 11.6 Å². The predicted molar refractivity (Wildman–Crippen MR) is 101 cm³/mol. The average Bonchev–Trinajstić information content (AvgIpc) is 3.06. The van der Waals surface area contributed by atoms with Gasteiger partial charge in [0.1, 0.15) is 5.82 Å². The highest BCUT2D eigenvalue weighted by molar-refractivity contribution is 6.30. The molecule has 0 radical (unpaired) electrons. The largest absolute Gasteiger partial charge is 0.342 e. The molecule has 1 aliphatic rings. The molecule has 0 N–H and O–H groups in total. The van der Waals surface area contributed by atoms with Gasteiger partial charge in [0, 0.05) is 43.0 Å². The lowest BCUT2D eigenvalue weighted by atomic mass is 9.96. The molecule has 0 saturated carbocycles. The van der Waals surface area contributed by atoms with Crippen molar-refractivity contribution in [3.05, 3.63) is 53.1 Å². The molecule has 1 saturated heterocycles. The minimum Gasteiger partial charge on any atom is -0.342 e. The van der Waals surface area contributed by atoms with Crippen LogP contribution in [0.4, 0.5) is 0 Å². The van der Waals surface area contributed by atoms with Gasteiger partial charge < -0.3 is 9.47 Å². The van der Waals surface area contributed by atoms with E-state index in [0.717, 1.165) is 43.9 Å². The summed E-state index contributed by atoms with van der Waals surface area (Å²) >= 11 is 5.90. The minimum atomic E-state index is 0.214. The van der Waals surface area contributed by atoms with Crippen molar-refractivity contribution >= 4 is 17.5 Å². The highest BCUT2D eigenvalue weighted by atomic mass is 35.5. The van der Waals surface area contributed by atoms with Crippen LogP contribution < -0.4 is 0 Å². The molecule has 1 fully saturated rings. The third-order valence-corrected chi connectivity index (χ3v) is 5.21. The summed E-state index contributed by atoms with van der Waals surface area (Å²) in [6, 6.07) is 7.54. The summed E-state index contributed by atoms with van der Waals surface area (Å²) in [5.74, 6) is 2.43. The van der Waals surface area contributed by atoms with Gasteiger partial charge in [0.25, 0.3) is 0 Å². The van der Waals surface area contributed by atoms with Crippen LogP contribution in [-0.2, 0) is 17.8 Å². The lowest BCUT2D eigenvalue weighted by Gasteiger charge is -2.32. The molecule has 1 aliphatic heterocycles. The van der Waals surface area contributed by atoms with E-state index in [1.165, 1.54) is 0 Å². The molecule has 2 aromatic rings. The lowest BCUT2D eigenvalue weighted by molar-refractivity contribution is -0.131. The quantitative estimate of drug-likeness (QED) is 0.804. The Kier molecular flexibility index (Phi) is 5.79. The maximum atomic E-state index is 12.5. The number of aromatic nitrogens is 2. The molecule has 25 heavy (non-hydrogen) atoms. The van der Waals surface area contributed by atoms with Crippen molar-refractivity contribution in [1.82, 2.24) is 14.5 Å². The number of amides is 1. The van der Waals surface area contributed by atoms with Crippen LogP contribution in [0.15, 0.2) is 36.7 Å². The van der Waals surface area contributed by atoms with Gasteiger partial charge in [-0.1, -0.05) is 37.6 Å². The summed E-state index contributed by atoms with van der Waals surface area (Å²) in [5.41, 5.74) is 1.02. The second-order valence-electron chi connectivity index (χ2n) is 7.22. The molecule has 2 heterocycles. The number of nitrogens with zero attached hydrogens (tertiary/aromatic N) is 3. The zero-order valence-electron chi connectivity index (χ0n) is 15.0. The zero-order chi connectivity index (χ0) is 17.8. The Bertz CT molecular complexity index is 700. The summed E-state index contributed by atoms with van der Waals surface area (Å²) in [5, 5.41) is 0.706. The molecule has 1 amide bonds. The molecule has 1 aromatic heterocycles. The number of imidazole rings is 1. The van der Waals surface area contributed by atoms with Gasteiger partial charge in [0.2, 0.25) is 5.91 Å². The fourth-order valence-electron chi connectivity index (χ4n) is 3.51. The van der Waals surface area contributed by atoms with E-state index < -0.39 is 0 Å². The zero-order valence-corrected chi connectivity index (χ0v) is 15.7. The van der Waals surface area contributed by atoms with Crippen LogP contribution in [0.5, 0.6) is 0 Å². The van der Waals surface area contributed by atoms with Gasteiger partial charge in [-0.3, -0.25) is 4.79 Å². The maximum absolute atomic E-state index is 12.5. The van der Waals surface area contributed by atoms with Crippen molar-refractivity contribution in [2.24, 2.45) is 5.92 Å². The normalized spacial score (nSPS) is 15.8. The van der Waals surface area contributed by atoms with Crippen molar-refractivity contribution in [3.8, 4) is 0 Å². The molecule has 0 atom stereocenters. The third-order valence-electron chi connectivity index (χ3n) is 4.95. The number of benzene rings is 1. The molecule has 0 unspecified atom stereocenters. The van der Waals surface area contributed by atoms with E-state index >= 15 is 0 Å². The highest BCUT2D eigenvalue weighted by Crippen LogP contribution is 2.22. The minimum absolute atomic E-state index is 0.214. The molecule has 1 aromatic carbocycles. The number of carbonyl (C=O) groups excluding carboxylic acids is 1. The first-order chi connectivity index (χ1) is 12.0. The van der Waals surface area contributed by atoms with Crippen LogP contribution in [0.25, 0.3) is 0 Å². The first-order valence-electron chi connectivity index (χ1n) is 9.06. The van der Waals surface area contributed by atoms with Crippen molar-refractivity contribution in [1.29, 1.82) is 0 Å². The summed E-state index contributed by atoms with van der Waals surface area (Å²) in [4.78, 5) is 19.0. The molecule has 3 rings (SSSR count). The number of halogens is 1. The second-order valence-corrected chi connectivity index (χ2v) is 7.66. The van der Waals surface area contributed by atoms with E-state index in [1.54, 1.807) is 0 Å². The Morgan fingerprint density at radius 1 is 1.24 bits per heavy atom. The second kappa shape index (κ2) is 8.05. The van der Waals surface area contributed by atoms with Gasteiger partial charge in [-0.25, -0.2) is 4.98 Å². The van der Waals surface area contributed by atoms with Crippen LogP contribution in [-0.4, -0.2) is 33.4 Å². The topological polar surface area (TPSA) is 38.1 Å². The number of hydrogen-bond acceptors (Lipinski definition) is 2. The molecular formula is C20H26ClN3O. The Balaban J connectivity index is 1.50. The molecular weight excluding hydrogens is 334 g/mol. The summed E-state index contributed by atoms with van der Waals surface area (Å²) in [7, 11) is 0. The van der Waals surface area contributed by atoms with E-state index in [2.05, 4.69) is 29.6 Å². The van der Waals surface area contributed by atoms with Crippen LogP contribution in [0.2, 0.25) is 5.02 Å². The van der Waals surface area contributed by atoms with Crippen LogP contribution in [0.3, 0.4) is 0 Å². The van der Waals surface area contributed by atoms with Gasteiger partial charge in [0.15, 0.2) is 0 Å². The number of carbonyl (C=O) groups is 1. The highest BCUT2D eigenvalue weighted by Gasteiger charge is 2.23. The third kappa shape index (κ3) is 4.63. The van der Waals surface area contributed by atoms with E-state index in [9.17, 15) is 4.79 Å². The summed E-state index contributed by atoms with van der Waals surface area (Å²) < 4.78 is 2.28. The standard InChI is InChI=1S/C20H26ClN3O/c1-15(2)20-22-9-12-24(20)14-17-7-10-23(11-8-17)19(25)13-16-3-5-18(21)6-4-16/h3-6,9,12,15,17H,7-8,10-11,13-14H2,1-2H3. The molecule has 134 valence electrons. The van der Waals surface area contributed by atoms with Crippen LogP contribution in [0.1, 0.15) is 44.0 Å². The maximum Gasteiger partial charge on any atom is 0.226 e. The van der Waals surface area contributed by atoms with Gasteiger partial charge >= 0.3 is 0 Å². The number of likely N-dealkylation sites (tertiary alicyclic amines) is 1. The number of rotatable bonds is 5. The van der Waals surface area contributed by atoms with Crippen LogP contribution in [0, 0.1) is 5.92 Å². The van der Waals surface area contributed by atoms with Crippen LogP contribution >= 0.6 is 11.6 Å². The predicted octanol–water partition coefficient (Wildman–Crippen LogP) is 4.14.